The Labute approximate surface area is 199 Å². The van der Waals surface area contributed by atoms with Gasteiger partial charge in [-0.25, -0.2) is 32.2 Å². The van der Waals surface area contributed by atoms with E-state index in [0.29, 0.717) is 43.0 Å². The van der Waals surface area contributed by atoms with Gasteiger partial charge in [0, 0.05) is 32.4 Å². The molecular formula is C23H30N6O4S. The number of nitrogens with one attached hydrogen (secondary N) is 1. The van der Waals surface area contributed by atoms with E-state index in [0.717, 1.165) is 12.0 Å². The fourth-order valence-electron chi connectivity index (χ4n) is 3.72. The van der Waals surface area contributed by atoms with Gasteiger partial charge in [0.25, 0.3) is 10.0 Å². The SMILES string of the molecule is Cc1ccc(S(=O)(=O)n2ccc3c(NN4CCCN(C(=O)OC(C)(C)C)CC4)ncnc32)cc1. The lowest BCUT2D eigenvalue weighted by molar-refractivity contribution is 0.0259. The molecule has 0 radical (unpaired) electrons. The van der Waals surface area contributed by atoms with Crippen molar-refractivity contribution in [2.75, 3.05) is 31.6 Å². The van der Waals surface area contributed by atoms with E-state index in [1.807, 2.05) is 32.7 Å². The molecule has 0 unspecified atom stereocenters. The first-order chi connectivity index (χ1) is 16.0. The normalized spacial score (nSPS) is 15.8. The average Bonchev–Trinajstić information content (AvgIpc) is 3.07. The van der Waals surface area contributed by atoms with Gasteiger partial charge in [-0.3, -0.25) is 0 Å². The van der Waals surface area contributed by atoms with E-state index in [1.54, 1.807) is 35.2 Å². The molecule has 1 aliphatic heterocycles. The van der Waals surface area contributed by atoms with Gasteiger partial charge in [0.15, 0.2) is 11.5 Å². The van der Waals surface area contributed by atoms with Gasteiger partial charge in [0.1, 0.15) is 11.9 Å². The van der Waals surface area contributed by atoms with Gasteiger partial charge in [0.2, 0.25) is 0 Å². The highest BCUT2D eigenvalue weighted by Crippen LogP contribution is 2.25. The number of anilines is 1. The molecule has 1 saturated heterocycles. The van der Waals surface area contributed by atoms with Crippen LogP contribution < -0.4 is 5.43 Å². The number of hydrazine groups is 1. The number of benzene rings is 1. The number of hydrogen-bond acceptors (Lipinski definition) is 8. The number of amides is 1. The minimum atomic E-state index is -3.80. The lowest BCUT2D eigenvalue weighted by Crippen LogP contribution is -2.40. The molecule has 2 aromatic heterocycles. The highest BCUT2D eigenvalue weighted by Gasteiger charge is 2.25. The Kier molecular flexibility index (Phi) is 6.50. The number of nitrogens with zero attached hydrogens (tertiary/aromatic N) is 5. The summed E-state index contributed by atoms with van der Waals surface area (Å²) in [5, 5.41) is 2.56. The van der Waals surface area contributed by atoms with E-state index >= 15 is 0 Å². The maximum Gasteiger partial charge on any atom is 0.410 e. The summed E-state index contributed by atoms with van der Waals surface area (Å²) in [6, 6.07) is 8.39. The number of fused-ring (bicyclic) bond motifs is 1. The van der Waals surface area contributed by atoms with E-state index in [-0.39, 0.29) is 11.0 Å². The first-order valence-electron chi connectivity index (χ1n) is 11.2. The van der Waals surface area contributed by atoms with Crippen LogP contribution in [0.5, 0.6) is 0 Å². The number of carbonyl (C=O) groups excluding carboxylic acids is 1. The Balaban J connectivity index is 1.52. The van der Waals surface area contributed by atoms with Crippen molar-refractivity contribution in [3.8, 4) is 0 Å². The topological polar surface area (TPSA) is 110 Å². The summed E-state index contributed by atoms with van der Waals surface area (Å²) in [6.45, 7) is 9.80. The second-order valence-electron chi connectivity index (χ2n) is 9.31. The predicted molar refractivity (Wildman–Crippen MR) is 129 cm³/mol. The van der Waals surface area contributed by atoms with Crippen molar-refractivity contribution in [2.24, 2.45) is 0 Å². The number of hydrogen-bond donors (Lipinski definition) is 1. The van der Waals surface area contributed by atoms with Crippen molar-refractivity contribution in [3.05, 3.63) is 48.4 Å². The molecule has 1 amide bonds. The molecule has 0 saturated carbocycles. The van der Waals surface area contributed by atoms with Gasteiger partial charge in [-0.1, -0.05) is 17.7 Å². The fraction of sp³-hybridized carbons (Fsp3) is 0.435. The lowest BCUT2D eigenvalue weighted by atomic mass is 10.2. The van der Waals surface area contributed by atoms with Gasteiger partial charge >= 0.3 is 6.09 Å². The molecule has 10 nitrogen and oxygen atoms in total. The summed E-state index contributed by atoms with van der Waals surface area (Å²) in [5.74, 6) is 0.508. The molecule has 3 aromatic rings. The summed E-state index contributed by atoms with van der Waals surface area (Å²) in [6.07, 6.45) is 3.27. The Morgan fingerprint density at radius 1 is 1.03 bits per heavy atom. The van der Waals surface area contributed by atoms with Crippen LogP contribution in [-0.2, 0) is 14.8 Å². The number of carbonyl (C=O) groups is 1. The quantitative estimate of drug-likeness (QED) is 0.599. The van der Waals surface area contributed by atoms with Gasteiger partial charge in [-0.15, -0.1) is 0 Å². The summed E-state index contributed by atoms with van der Waals surface area (Å²) in [7, 11) is -3.80. The molecule has 0 bridgehead atoms. The monoisotopic (exact) mass is 486 g/mol. The second-order valence-corrected chi connectivity index (χ2v) is 11.1. The van der Waals surface area contributed by atoms with Crippen molar-refractivity contribution >= 4 is 33.0 Å². The van der Waals surface area contributed by atoms with Gasteiger partial charge in [-0.2, -0.15) is 0 Å². The average molecular weight is 487 g/mol. The van der Waals surface area contributed by atoms with E-state index in [2.05, 4.69) is 15.4 Å². The summed E-state index contributed by atoms with van der Waals surface area (Å²) >= 11 is 0. The van der Waals surface area contributed by atoms with Crippen LogP contribution in [0.3, 0.4) is 0 Å². The molecule has 0 aliphatic carbocycles. The Bertz CT molecular complexity index is 1280. The Morgan fingerprint density at radius 3 is 2.47 bits per heavy atom. The number of rotatable bonds is 4. The molecule has 1 fully saturated rings. The van der Waals surface area contributed by atoms with E-state index < -0.39 is 15.6 Å². The molecule has 4 rings (SSSR count). The van der Waals surface area contributed by atoms with Crippen molar-refractivity contribution in [3.63, 3.8) is 0 Å². The minimum Gasteiger partial charge on any atom is -0.444 e. The van der Waals surface area contributed by atoms with Gasteiger partial charge in [0.05, 0.1) is 10.3 Å². The van der Waals surface area contributed by atoms with Crippen LogP contribution in [0, 0.1) is 6.92 Å². The second kappa shape index (κ2) is 9.22. The molecule has 34 heavy (non-hydrogen) atoms. The van der Waals surface area contributed by atoms with Crippen molar-refractivity contribution < 1.29 is 17.9 Å². The first-order valence-corrected chi connectivity index (χ1v) is 12.6. The zero-order chi connectivity index (χ0) is 24.5. The highest BCUT2D eigenvalue weighted by atomic mass is 32.2. The summed E-state index contributed by atoms with van der Waals surface area (Å²) in [5.41, 5.74) is 4.01. The summed E-state index contributed by atoms with van der Waals surface area (Å²) < 4.78 is 33.0. The fourth-order valence-corrected chi connectivity index (χ4v) is 5.02. The lowest BCUT2D eigenvalue weighted by Gasteiger charge is -2.26. The molecule has 11 heteroatoms. The van der Waals surface area contributed by atoms with E-state index in [4.69, 9.17) is 4.74 Å². The zero-order valence-corrected chi connectivity index (χ0v) is 20.7. The third kappa shape index (κ3) is 5.15. The van der Waals surface area contributed by atoms with Crippen molar-refractivity contribution in [1.82, 2.24) is 23.8 Å². The Hall–Kier alpha value is -3.18. The first kappa shape index (κ1) is 24.0. The number of aryl methyl sites for hydroxylation is 1. The van der Waals surface area contributed by atoms with Crippen molar-refractivity contribution in [2.45, 2.75) is 44.6 Å². The van der Waals surface area contributed by atoms with Crippen LogP contribution in [0.1, 0.15) is 32.8 Å². The van der Waals surface area contributed by atoms with Crippen LogP contribution in [0.25, 0.3) is 11.0 Å². The molecule has 3 heterocycles. The molecule has 0 spiro atoms. The molecule has 0 atom stereocenters. The molecule has 182 valence electrons. The third-order valence-corrected chi connectivity index (χ3v) is 7.12. The molecular weight excluding hydrogens is 456 g/mol. The maximum atomic E-state index is 13.2. The molecule has 1 aliphatic rings. The van der Waals surface area contributed by atoms with E-state index in [1.165, 1.54) is 16.5 Å². The smallest absolute Gasteiger partial charge is 0.410 e. The van der Waals surface area contributed by atoms with Crippen LogP contribution in [0.4, 0.5) is 10.6 Å². The van der Waals surface area contributed by atoms with E-state index in [9.17, 15) is 13.2 Å². The number of aromatic nitrogens is 3. The standard InChI is InChI=1S/C23H30N6O4S/c1-17-6-8-18(9-7-17)34(31,32)29-13-10-19-20(24-16-25-21(19)29)26-28-12-5-11-27(14-15-28)22(30)33-23(2,3)4/h6-10,13,16H,5,11-12,14-15H2,1-4H3,(H,24,25,26). The maximum absolute atomic E-state index is 13.2. The van der Waals surface area contributed by atoms with Crippen LogP contribution in [0.2, 0.25) is 0 Å². The number of ether oxygens (including phenoxy) is 1. The van der Waals surface area contributed by atoms with Gasteiger partial charge < -0.3 is 15.1 Å². The van der Waals surface area contributed by atoms with Crippen LogP contribution in [-0.4, -0.2) is 70.1 Å². The minimum absolute atomic E-state index is 0.193. The zero-order valence-electron chi connectivity index (χ0n) is 19.9. The highest BCUT2D eigenvalue weighted by molar-refractivity contribution is 7.90. The summed E-state index contributed by atoms with van der Waals surface area (Å²) in [4.78, 5) is 22.9. The Morgan fingerprint density at radius 2 is 1.76 bits per heavy atom. The van der Waals surface area contributed by atoms with Gasteiger partial charge in [-0.05, 0) is 52.3 Å². The largest absolute Gasteiger partial charge is 0.444 e. The molecule has 1 aromatic carbocycles. The molecule has 1 N–H and O–H groups in total. The third-order valence-electron chi connectivity index (χ3n) is 5.44. The predicted octanol–water partition coefficient (Wildman–Crippen LogP) is 3.25. The van der Waals surface area contributed by atoms with Crippen LogP contribution >= 0.6 is 0 Å². The van der Waals surface area contributed by atoms with Crippen molar-refractivity contribution in [1.29, 1.82) is 0 Å². The van der Waals surface area contributed by atoms with Crippen LogP contribution in [0.15, 0.2) is 47.8 Å².